The molecule has 8 nitrogen and oxygen atoms in total. The molecule has 0 radical (unpaired) electrons. The van der Waals surface area contributed by atoms with Crippen LogP contribution >= 0.6 is 0 Å². The molecule has 7 rings (SSSR count). The SMILES string of the molecule is CCC[C@@H]([C@@H]1C[C@H](CC2=CCNC(N)=C2)C[C@@H]2C#C[C@H](c3ccccc3)c3cc(O)c(OC)cc3CCC(=O)CC(=O)[C@@H]2C1)[C@H](O)C1(c2cc(C(C)C)c[nH]2)CCCCC1. The number of carbonyl (C=O) groups is 2. The van der Waals surface area contributed by atoms with E-state index in [0.29, 0.717) is 43.3 Å². The summed E-state index contributed by atoms with van der Waals surface area (Å²) < 4.78 is 5.51. The first-order valence-corrected chi connectivity index (χ1v) is 22.8. The van der Waals surface area contributed by atoms with Gasteiger partial charge in [0.2, 0.25) is 0 Å². The number of nitrogens with one attached hydrogen (secondary N) is 2. The number of aromatic amines is 1. The minimum Gasteiger partial charge on any atom is -0.504 e. The molecule has 0 bridgehead atoms. The molecule has 0 amide bonds. The maximum atomic E-state index is 14.8. The van der Waals surface area contributed by atoms with Crippen molar-refractivity contribution in [2.75, 3.05) is 13.7 Å². The van der Waals surface area contributed by atoms with E-state index < -0.39 is 23.4 Å². The number of hydrogen-bond donors (Lipinski definition) is 5. The van der Waals surface area contributed by atoms with Crippen LogP contribution in [-0.2, 0) is 21.4 Å². The average Bonchev–Trinajstić information content (AvgIpc) is 3.69. The third-order valence-electron chi connectivity index (χ3n) is 14.4. The molecule has 0 saturated heterocycles. The predicted molar refractivity (Wildman–Crippen MR) is 239 cm³/mol. The van der Waals surface area contributed by atoms with Crippen molar-refractivity contribution in [2.24, 2.45) is 35.3 Å². The molecule has 2 fully saturated rings. The first-order valence-electron chi connectivity index (χ1n) is 22.8. The number of aliphatic hydroxyl groups excluding tert-OH is 1. The molecule has 7 atom stereocenters. The van der Waals surface area contributed by atoms with Crippen molar-refractivity contribution in [3.05, 3.63) is 106 Å². The van der Waals surface area contributed by atoms with Crippen LogP contribution in [0.1, 0.15) is 144 Å². The van der Waals surface area contributed by atoms with Gasteiger partial charge in [-0.3, -0.25) is 9.59 Å². The molecule has 3 aliphatic carbocycles. The van der Waals surface area contributed by atoms with Gasteiger partial charge in [-0.25, -0.2) is 0 Å². The second-order valence-electron chi connectivity index (χ2n) is 18.7. The fourth-order valence-corrected chi connectivity index (χ4v) is 11.2. The number of ether oxygens (including phenoxy) is 1. The molecule has 60 heavy (non-hydrogen) atoms. The van der Waals surface area contributed by atoms with E-state index >= 15 is 0 Å². The maximum absolute atomic E-state index is 14.8. The predicted octanol–water partition coefficient (Wildman–Crippen LogP) is 9.51. The Hall–Kier alpha value is -4.74. The smallest absolute Gasteiger partial charge is 0.160 e. The quantitative estimate of drug-likeness (QED) is 0.0961. The van der Waals surface area contributed by atoms with Gasteiger partial charge in [0.25, 0.3) is 0 Å². The Morgan fingerprint density at radius 3 is 2.48 bits per heavy atom. The van der Waals surface area contributed by atoms with Gasteiger partial charge < -0.3 is 31.0 Å². The van der Waals surface area contributed by atoms with Crippen molar-refractivity contribution in [1.29, 1.82) is 0 Å². The van der Waals surface area contributed by atoms with E-state index in [1.807, 2.05) is 30.3 Å². The van der Waals surface area contributed by atoms with Crippen LogP contribution in [0.15, 0.2) is 78.3 Å². The van der Waals surface area contributed by atoms with Gasteiger partial charge in [0.15, 0.2) is 11.5 Å². The number of Topliss-reactive ketones (excluding diaryl/α,β-unsaturated/α-hetero) is 2. The molecule has 4 aliphatic rings. The number of rotatable bonds is 11. The normalized spacial score (nSPS) is 25.7. The Balaban J connectivity index is 1.34. The zero-order valence-electron chi connectivity index (χ0n) is 36.3. The first kappa shape index (κ1) is 43.4. The Morgan fingerprint density at radius 2 is 1.78 bits per heavy atom. The van der Waals surface area contributed by atoms with E-state index in [4.69, 9.17) is 10.5 Å². The summed E-state index contributed by atoms with van der Waals surface area (Å²) in [6, 6.07) is 16.0. The highest BCUT2D eigenvalue weighted by Crippen LogP contribution is 2.51. The minimum atomic E-state index is -0.593. The molecule has 6 N–H and O–H groups in total. The van der Waals surface area contributed by atoms with E-state index in [-0.39, 0.29) is 53.8 Å². The van der Waals surface area contributed by atoms with Crippen LogP contribution in [0.25, 0.3) is 0 Å². The summed E-state index contributed by atoms with van der Waals surface area (Å²) in [7, 11) is 1.52. The van der Waals surface area contributed by atoms with Crippen LogP contribution in [0.4, 0.5) is 0 Å². The number of phenolic OH excluding ortho intramolecular Hbond substituents is 1. The van der Waals surface area contributed by atoms with Crippen molar-refractivity contribution in [2.45, 2.75) is 134 Å². The number of nitrogens with two attached hydrogens (primary N) is 1. The van der Waals surface area contributed by atoms with Gasteiger partial charge in [-0.05, 0) is 127 Å². The Labute approximate surface area is 357 Å². The zero-order valence-corrected chi connectivity index (χ0v) is 36.3. The number of fused-ring (bicyclic) bond motifs is 2. The number of methoxy groups -OCH3 is 1. The summed E-state index contributed by atoms with van der Waals surface area (Å²) >= 11 is 0. The lowest BCUT2D eigenvalue weighted by Crippen LogP contribution is -2.48. The third-order valence-corrected chi connectivity index (χ3v) is 14.4. The van der Waals surface area contributed by atoms with Gasteiger partial charge >= 0.3 is 0 Å². The molecule has 2 saturated carbocycles. The lowest BCUT2D eigenvalue weighted by atomic mass is 9.61. The van der Waals surface area contributed by atoms with Gasteiger partial charge in [-0.1, -0.05) is 94.7 Å². The second-order valence-corrected chi connectivity index (χ2v) is 18.7. The van der Waals surface area contributed by atoms with Crippen molar-refractivity contribution in [1.82, 2.24) is 10.3 Å². The molecule has 0 spiro atoms. The third kappa shape index (κ3) is 9.57. The van der Waals surface area contributed by atoms with Crippen LogP contribution in [-0.4, -0.2) is 46.5 Å². The second kappa shape index (κ2) is 19.3. The maximum Gasteiger partial charge on any atom is 0.160 e. The standard InChI is InChI=1S/C52H67N3O5/c1-5-12-43(51(59)52(20-10-7-11-21-52)49-29-40(32-55-49)33(2)3)39-25-35(23-34-19-22-54-50(53)26-34)24-37-16-18-42(36-13-8-6-9-14-36)44-31-47(58)48(60-4)28-38(44)15-17-41(56)30-46(57)45(37)27-39/h6,8-9,13-14,19,26,28-29,31-33,35,37,39,42-43,45,51,54-55,58-59H,5,7,10-12,15,17,20-25,27,30,53H2,1-4H3/t35-,37+,39-,42-,43+,45-,51+/m1/s1. The highest BCUT2D eigenvalue weighted by atomic mass is 16.5. The first-order chi connectivity index (χ1) is 29.0. The molecule has 0 unspecified atom stereocenters. The molecular weight excluding hydrogens is 747 g/mol. The number of carbonyl (C=O) groups excluding carboxylic acids is 2. The Morgan fingerprint density at radius 1 is 1.00 bits per heavy atom. The van der Waals surface area contributed by atoms with E-state index in [9.17, 15) is 19.8 Å². The average molecular weight is 814 g/mol. The Kier molecular flexibility index (Phi) is 14.0. The minimum absolute atomic E-state index is 0.0291. The summed E-state index contributed by atoms with van der Waals surface area (Å²) in [5, 5.41) is 27.4. The summed E-state index contributed by atoms with van der Waals surface area (Å²) in [5.74, 6) is 7.76. The Bertz CT molecular complexity index is 2100. The monoisotopic (exact) mass is 814 g/mol. The number of aromatic hydroxyl groups is 1. The number of H-pyrrole nitrogens is 1. The van der Waals surface area contributed by atoms with Crippen LogP contribution in [0.3, 0.4) is 0 Å². The molecule has 3 aromatic rings. The largest absolute Gasteiger partial charge is 0.504 e. The van der Waals surface area contributed by atoms with Gasteiger partial charge in [-0.2, -0.15) is 0 Å². The molecule has 1 aromatic heterocycles. The van der Waals surface area contributed by atoms with E-state index in [2.05, 4.69) is 73.4 Å². The fraction of sp³-hybridized carbons (Fsp3) is 0.538. The number of allylic oxidation sites excluding steroid dienone is 2. The number of aliphatic hydroxyl groups is 1. The lowest BCUT2D eigenvalue weighted by Gasteiger charge is -2.46. The van der Waals surface area contributed by atoms with Crippen LogP contribution < -0.4 is 15.8 Å². The number of benzene rings is 2. The van der Waals surface area contributed by atoms with Crippen molar-refractivity contribution >= 4 is 11.6 Å². The van der Waals surface area contributed by atoms with Gasteiger partial charge in [-0.15, -0.1) is 0 Å². The lowest BCUT2D eigenvalue weighted by molar-refractivity contribution is -0.130. The summed E-state index contributed by atoms with van der Waals surface area (Å²) in [6.45, 7) is 7.32. The highest BCUT2D eigenvalue weighted by molar-refractivity contribution is 6.00. The van der Waals surface area contributed by atoms with Crippen LogP contribution in [0, 0.1) is 41.4 Å². The van der Waals surface area contributed by atoms with E-state index in [0.717, 1.165) is 73.8 Å². The van der Waals surface area contributed by atoms with Crippen molar-refractivity contribution < 1.29 is 24.5 Å². The number of ketones is 2. The number of hydrogen-bond acceptors (Lipinski definition) is 7. The molecule has 1 aliphatic heterocycles. The number of dihydropyridines is 1. The zero-order chi connectivity index (χ0) is 42.4. The summed E-state index contributed by atoms with van der Waals surface area (Å²) in [6.07, 6.45) is 16.2. The molecule has 8 heteroatoms. The molecule has 2 aromatic carbocycles. The molecule has 320 valence electrons. The molecular formula is C52H67N3O5. The number of aryl methyl sites for hydroxylation is 1. The fourth-order valence-electron chi connectivity index (χ4n) is 11.2. The number of phenols is 1. The highest BCUT2D eigenvalue weighted by Gasteiger charge is 2.49. The summed E-state index contributed by atoms with van der Waals surface area (Å²) in [4.78, 5) is 32.3. The van der Waals surface area contributed by atoms with Crippen LogP contribution in [0.2, 0.25) is 0 Å². The molecule has 2 heterocycles. The van der Waals surface area contributed by atoms with Crippen LogP contribution in [0.5, 0.6) is 11.5 Å². The van der Waals surface area contributed by atoms with E-state index in [1.165, 1.54) is 24.7 Å². The van der Waals surface area contributed by atoms with E-state index in [1.54, 1.807) is 6.07 Å². The topological polar surface area (TPSA) is 138 Å². The number of aromatic nitrogens is 1. The van der Waals surface area contributed by atoms with Gasteiger partial charge in [0.05, 0.1) is 31.4 Å². The summed E-state index contributed by atoms with van der Waals surface area (Å²) in [5.41, 5.74) is 12.2. The van der Waals surface area contributed by atoms with Gasteiger partial charge in [0, 0.05) is 42.1 Å². The van der Waals surface area contributed by atoms with Crippen molar-refractivity contribution in [3.8, 4) is 23.3 Å². The van der Waals surface area contributed by atoms with Crippen molar-refractivity contribution in [3.63, 3.8) is 0 Å². The van der Waals surface area contributed by atoms with Gasteiger partial charge in [0.1, 0.15) is 11.6 Å².